The first-order valence-electron chi connectivity index (χ1n) is 3.89. The molecule has 0 radical (unpaired) electrons. The third kappa shape index (κ3) is 2.60. The van der Waals surface area contributed by atoms with E-state index in [1.54, 1.807) is 19.5 Å². The summed E-state index contributed by atoms with van der Waals surface area (Å²) in [5.41, 5.74) is 2.09. The second-order valence-electron chi connectivity index (χ2n) is 2.61. The van der Waals surface area contributed by atoms with Crippen LogP contribution in [0.3, 0.4) is 0 Å². The van der Waals surface area contributed by atoms with Crippen LogP contribution >= 0.6 is 0 Å². The summed E-state index contributed by atoms with van der Waals surface area (Å²) in [5.74, 6) is 0. The number of methoxy groups -OCH3 is 1. The first kappa shape index (κ1) is 9.16. The Morgan fingerprint density at radius 1 is 1.42 bits per heavy atom. The van der Waals surface area contributed by atoms with E-state index in [4.69, 9.17) is 9.84 Å². The molecule has 1 aromatic heterocycles. The number of hydrogen-bond donors (Lipinski definition) is 1. The van der Waals surface area contributed by atoms with Crippen LogP contribution < -0.4 is 0 Å². The van der Waals surface area contributed by atoms with Gasteiger partial charge >= 0.3 is 0 Å². The molecule has 0 aliphatic heterocycles. The van der Waals surface area contributed by atoms with Crippen LogP contribution in [0.5, 0.6) is 0 Å². The second kappa shape index (κ2) is 4.85. The highest BCUT2D eigenvalue weighted by molar-refractivity contribution is 5.17. The first-order valence-corrected chi connectivity index (χ1v) is 3.89. The summed E-state index contributed by atoms with van der Waals surface area (Å²) in [6.07, 6.45) is 4.18. The fourth-order valence-corrected chi connectivity index (χ4v) is 1.05. The van der Waals surface area contributed by atoms with E-state index in [1.807, 2.05) is 6.07 Å². The molecule has 12 heavy (non-hydrogen) atoms. The lowest BCUT2D eigenvalue weighted by Crippen LogP contribution is -1.95. The molecular formula is C9H13NO2. The average molecular weight is 167 g/mol. The standard InChI is InChI=1S/C9H13NO2/c1-12-7-9-4-8(2-3-11)5-10-6-9/h4-6,11H,2-3,7H2,1H3. The summed E-state index contributed by atoms with van der Waals surface area (Å²) in [7, 11) is 1.65. The van der Waals surface area contributed by atoms with E-state index in [2.05, 4.69) is 4.98 Å². The normalized spacial score (nSPS) is 10.2. The molecule has 1 heterocycles. The van der Waals surface area contributed by atoms with E-state index in [9.17, 15) is 0 Å². The number of aliphatic hydroxyl groups excluding tert-OH is 1. The maximum Gasteiger partial charge on any atom is 0.0728 e. The van der Waals surface area contributed by atoms with Crippen LogP contribution in [0.4, 0.5) is 0 Å². The molecule has 3 heteroatoms. The molecule has 0 aliphatic carbocycles. The van der Waals surface area contributed by atoms with Gasteiger partial charge in [0.05, 0.1) is 6.61 Å². The minimum Gasteiger partial charge on any atom is -0.396 e. The van der Waals surface area contributed by atoms with Gasteiger partial charge in [-0.3, -0.25) is 4.98 Å². The summed E-state index contributed by atoms with van der Waals surface area (Å²) in [6.45, 7) is 0.740. The lowest BCUT2D eigenvalue weighted by Gasteiger charge is -2.01. The first-order chi connectivity index (χ1) is 5.86. The summed E-state index contributed by atoms with van der Waals surface area (Å²) < 4.78 is 4.96. The van der Waals surface area contributed by atoms with Gasteiger partial charge < -0.3 is 9.84 Å². The molecule has 0 saturated heterocycles. The smallest absolute Gasteiger partial charge is 0.0728 e. The van der Waals surface area contributed by atoms with Gasteiger partial charge in [0.2, 0.25) is 0 Å². The summed E-state index contributed by atoms with van der Waals surface area (Å²) in [6, 6.07) is 1.99. The van der Waals surface area contributed by atoms with E-state index in [0.29, 0.717) is 13.0 Å². The maximum atomic E-state index is 8.68. The molecule has 0 aliphatic rings. The summed E-state index contributed by atoms with van der Waals surface area (Å²) >= 11 is 0. The predicted octanol–water partition coefficient (Wildman–Crippen LogP) is 0.763. The summed E-state index contributed by atoms with van der Waals surface area (Å²) in [4.78, 5) is 4.03. The Balaban J connectivity index is 2.67. The zero-order valence-corrected chi connectivity index (χ0v) is 7.16. The molecule has 3 nitrogen and oxygen atoms in total. The van der Waals surface area contributed by atoms with Gasteiger partial charge in [-0.15, -0.1) is 0 Å². The fraction of sp³-hybridized carbons (Fsp3) is 0.444. The van der Waals surface area contributed by atoms with Crippen LogP contribution in [0.15, 0.2) is 18.5 Å². The van der Waals surface area contributed by atoms with Gasteiger partial charge in [0.25, 0.3) is 0 Å². The molecule has 0 fully saturated rings. The highest BCUT2D eigenvalue weighted by atomic mass is 16.5. The van der Waals surface area contributed by atoms with Crippen molar-refractivity contribution in [1.29, 1.82) is 0 Å². The van der Waals surface area contributed by atoms with Crippen LogP contribution in [0.1, 0.15) is 11.1 Å². The minimum atomic E-state index is 0.165. The Labute approximate surface area is 72.0 Å². The van der Waals surface area contributed by atoms with Crippen LogP contribution in [-0.4, -0.2) is 23.8 Å². The molecule has 0 bridgehead atoms. The molecular weight excluding hydrogens is 154 g/mol. The molecule has 1 N–H and O–H groups in total. The number of aliphatic hydroxyl groups is 1. The van der Waals surface area contributed by atoms with Gasteiger partial charge in [-0.2, -0.15) is 0 Å². The van der Waals surface area contributed by atoms with E-state index in [1.165, 1.54) is 0 Å². The monoisotopic (exact) mass is 167 g/mol. The van der Waals surface area contributed by atoms with Gasteiger partial charge in [-0.05, 0) is 17.5 Å². The quantitative estimate of drug-likeness (QED) is 0.720. The van der Waals surface area contributed by atoms with Crippen LogP contribution in [0, 0.1) is 0 Å². The van der Waals surface area contributed by atoms with Gasteiger partial charge in [0.1, 0.15) is 0 Å². The predicted molar refractivity (Wildman–Crippen MR) is 45.7 cm³/mol. The lowest BCUT2D eigenvalue weighted by molar-refractivity contribution is 0.184. The van der Waals surface area contributed by atoms with Crippen molar-refractivity contribution in [3.05, 3.63) is 29.6 Å². The van der Waals surface area contributed by atoms with Gasteiger partial charge in [-0.25, -0.2) is 0 Å². The molecule has 0 saturated carbocycles. The molecule has 0 amide bonds. The number of aromatic nitrogens is 1. The van der Waals surface area contributed by atoms with Crippen LogP contribution in [0.2, 0.25) is 0 Å². The van der Waals surface area contributed by atoms with Crippen molar-refractivity contribution in [2.24, 2.45) is 0 Å². The van der Waals surface area contributed by atoms with Crippen LogP contribution in [0.25, 0.3) is 0 Å². The molecule has 1 aromatic rings. The Bertz CT molecular complexity index is 216. The fourth-order valence-electron chi connectivity index (χ4n) is 1.05. The maximum absolute atomic E-state index is 8.68. The zero-order chi connectivity index (χ0) is 8.81. The Morgan fingerprint density at radius 2 is 2.17 bits per heavy atom. The third-order valence-corrected chi connectivity index (χ3v) is 1.56. The average Bonchev–Trinajstić information content (AvgIpc) is 2.06. The van der Waals surface area contributed by atoms with Gasteiger partial charge in [-0.1, -0.05) is 6.07 Å². The SMILES string of the molecule is COCc1cncc(CCO)c1. The van der Waals surface area contributed by atoms with E-state index < -0.39 is 0 Å². The Morgan fingerprint density at radius 3 is 2.83 bits per heavy atom. The number of nitrogens with zero attached hydrogens (tertiary/aromatic N) is 1. The van der Waals surface area contributed by atoms with Crippen molar-refractivity contribution in [3.8, 4) is 0 Å². The molecule has 1 rings (SSSR count). The van der Waals surface area contributed by atoms with E-state index in [0.717, 1.165) is 11.1 Å². The molecule has 0 aromatic carbocycles. The van der Waals surface area contributed by atoms with E-state index in [-0.39, 0.29) is 6.61 Å². The number of hydrogen-bond acceptors (Lipinski definition) is 3. The van der Waals surface area contributed by atoms with Crippen molar-refractivity contribution >= 4 is 0 Å². The summed E-state index contributed by atoms with van der Waals surface area (Å²) in [5, 5.41) is 8.68. The number of ether oxygens (including phenoxy) is 1. The lowest BCUT2D eigenvalue weighted by atomic mass is 10.2. The molecule has 66 valence electrons. The Kier molecular flexibility index (Phi) is 3.70. The van der Waals surface area contributed by atoms with Gasteiger partial charge in [0, 0.05) is 26.1 Å². The largest absolute Gasteiger partial charge is 0.396 e. The number of pyridine rings is 1. The van der Waals surface area contributed by atoms with Crippen molar-refractivity contribution in [2.45, 2.75) is 13.0 Å². The number of rotatable bonds is 4. The molecule has 0 spiro atoms. The highest BCUT2D eigenvalue weighted by Gasteiger charge is 1.95. The van der Waals surface area contributed by atoms with Gasteiger partial charge in [0.15, 0.2) is 0 Å². The Hall–Kier alpha value is -0.930. The topological polar surface area (TPSA) is 42.4 Å². The highest BCUT2D eigenvalue weighted by Crippen LogP contribution is 2.03. The van der Waals surface area contributed by atoms with Crippen molar-refractivity contribution in [3.63, 3.8) is 0 Å². The third-order valence-electron chi connectivity index (χ3n) is 1.56. The minimum absolute atomic E-state index is 0.165. The van der Waals surface area contributed by atoms with Crippen molar-refractivity contribution < 1.29 is 9.84 Å². The van der Waals surface area contributed by atoms with Crippen molar-refractivity contribution in [2.75, 3.05) is 13.7 Å². The van der Waals surface area contributed by atoms with Crippen LogP contribution in [-0.2, 0) is 17.8 Å². The zero-order valence-electron chi connectivity index (χ0n) is 7.16. The van der Waals surface area contributed by atoms with E-state index >= 15 is 0 Å². The second-order valence-corrected chi connectivity index (χ2v) is 2.61. The molecule has 0 unspecified atom stereocenters. The van der Waals surface area contributed by atoms with Crippen molar-refractivity contribution in [1.82, 2.24) is 4.98 Å². The molecule has 0 atom stereocenters.